The molecular weight excluding hydrogens is 172 g/mol. The number of nitrogens with zero attached hydrogens (tertiary/aromatic N) is 2. The van der Waals surface area contributed by atoms with Crippen molar-refractivity contribution in [2.75, 3.05) is 28.2 Å². The Morgan fingerprint density at radius 1 is 0.643 bits per heavy atom. The first kappa shape index (κ1) is 12.0. The first-order chi connectivity index (χ1) is 6.61. The summed E-state index contributed by atoms with van der Waals surface area (Å²) in [6, 6.07) is 1.66. The Morgan fingerprint density at radius 2 is 0.929 bits per heavy atom. The average Bonchev–Trinajstić information content (AvgIpc) is 2.01. The van der Waals surface area contributed by atoms with Crippen molar-refractivity contribution < 1.29 is 0 Å². The van der Waals surface area contributed by atoms with Gasteiger partial charge >= 0.3 is 0 Å². The molecule has 0 amide bonds. The van der Waals surface area contributed by atoms with E-state index in [1.54, 1.807) is 0 Å². The molecule has 0 heterocycles. The molecule has 84 valence electrons. The van der Waals surface area contributed by atoms with Gasteiger partial charge in [0.05, 0.1) is 0 Å². The maximum atomic E-state index is 2.40. The standard InChI is InChI=1S/C12H26N2/c1-13(2)11-7-5-9-12(14(3)4)10-6-8-11/h11-12H,5-10H2,1-4H3. The predicted molar refractivity (Wildman–Crippen MR) is 62.7 cm³/mol. The van der Waals surface area contributed by atoms with Gasteiger partial charge < -0.3 is 9.80 Å². The Balaban J connectivity index is 2.35. The van der Waals surface area contributed by atoms with Gasteiger partial charge in [-0.05, 0) is 53.9 Å². The van der Waals surface area contributed by atoms with E-state index in [-0.39, 0.29) is 0 Å². The van der Waals surface area contributed by atoms with Crippen LogP contribution in [0.5, 0.6) is 0 Å². The minimum atomic E-state index is 0.832. The highest BCUT2D eigenvalue weighted by atomic mass is 15.1. The molecule has 0 aromatic carbocycles. The zero-order valence-electron chi connectivity index (χ0n) is 10.3. The van der Waals surface area contributed by atoms with Crippen molar-refractivity contribution in [3.63, 3.8) is 0 Å². The quantitative estimate of drug-likeness (QED) is 0.671. The minimum Gasteiger partial charge on any atom is -0.306 e. The Kier molecular flexibility index (Phi) is 4.90. The second-order valence-electron chi connectivity index (χ2n) is 5.10. The van der Waals surface area contributed by atoms with Gasteiger partial charge in [0.2, 0.25) is 0 Å². The highest BCUT2D eigenvalue weighted by Crippen LogP contribution is 2.22. The maximum absolute atomic E-state index is 2.40. The number of rotatable bonds is 2. The summed E-state index contributed by atoms with van der Waals surface area (Å²) in [5.74, 6) is 0. The lowest BCUT2D eigenvalue weighted by atomic mass is 9.92. The summed E-state index contributed by atoms with van der Waals surface area (Å²) >= 11 is 0. The first-order valence-electron chi connectivity index (χ1n) is 5.94. The van der Waals surface area contributed by atoms with Gasteiger partial charge in [0, 0.05) is 12.1 Å². The van der Waals surface area contributed by atoms with E-state index in [4.69, 9.17) is 0 Å². The molecular formula is C12H26N2. The molecule has 0 aromatic rings. The molecule has 0 unspecified atom stereocenters. The normalized spacial score (nSPS) is 30.4. The molecule has 0 saturated heterocycles. The Labute approximate surface area is 89.3 Å². The second-order valence-corrected chi connectivity index (χ2v) is 5.10. The van der Waals surface area contributed by atoms with E-state index >= 15 is 0 Å². The Bertz CT molecular complexity index is 128. The van der Waals surface area contributed by atoms with Crippen LogP contribution in [0, 0.1) is 0 Å². The van der Waals surface area contributed by atoms with Gasteiger partial charge in [0.25, 0.3) is 0 Å². The first-order valence-corrected chi connectivity index (χ1v) is 5.94. The average molecular weight is 198 g/mol. The summed E-state index contributed by atoms with van der Waals surface area (Å²) in [6.07, 6.45) is 8.33. The van der Waals surface area contributed by atoms with Crippen LogP contribution in [0.1, 0.15) is 38.5 Å². The van der Waals surface area contributed by atoms with Gasteiger partial charge in [-0.2, -0.15) is 0 Å². The van der Waals surface area contributed by atoms with E-state index in [2.05, 4.69) is 38.0 Å². The van der Waals surface area contributed by atoms with Gasteiger partial charge in [-0.1, -0.05) is 12.8 Å². The summed E-state index contributed by atoms with van der Waals surface area (Å²) in [5, 5.41) is 0. The molecule has 0 radical (unpaired) electrons. The van der Waals surface area contributed by atoms with Crippen molar-refractivity contribution in [2.45, 2.75) is 50.6 Å². The second kappa shape index (κ2) is 5.72. The fourth-order valence-corrected chi connectivity index (χ4v) is 2.50. The van der Waals surface area contributed by atoms with Gasteiger partial charge in [0.1, 0.15) is 0 Å². The SMILES string of the molecule is CN(C)C1CCCC(N(C)C)CCC1. The molecule has 0 N–H and O–H groups in total. The van der Waals surface area contributed by atoms with Crippen molar-refractivity contribution in [1.29, 1.82) is 0 Å². The van der Waals surface area contributed by atoms with Gasteiger partial charge in [-0.3, -0.25) is 0 Å². The smallest absolute Gasteiger partial charge is 0.00891 e. The van der Waals surface area contributed by atoms with E-state index in [0.29, 0.717) is 0 Å². The Hall–Kier alpha value is -0.0800. The lowest BCUT2D eigenvalue weighted by Gasteiger charge is -2.31. The zero-order chi connectivity index (χ0) is 10.6. The minimum absolute atomic E-state index is 0.832. The van der Waals surface area contributed by atoms with E-state index in [9.17, 15) is 0 Å². The third kappa shape index (κ3) is 3.58. The highest BCUT2D eigenvalue weighted by Gasteiger charge is 2.18. The zero-order valence-corrected chi connectivity index (χ0v) is 10.3. The van der Waals surface area contributed by atoms with Gasteiger partial charge in [-0.15, -0.1) is 0 Å². The molecule has 0 aromatic heterocycles. The van der Waals surface area contributed by atoms with Crippen molar-refractivity contribution in [1.82, 2.24) is 9.80 Å². The predicted octanol–water partition coefficient (Wildman–Crippen LogP) is 2.20. The molecule has 0 aliphatic heterocycles. The summed E-state index contributed by atoms with van der Waals surface area (Å²) in [5.41, 5.74) is 0. The van der Waals surface area contributed by atoms with Gasteiger partial charge in [0.15, 0.2) is 0 Å². The van der Waals surface area contributed by atoms with Crippen LogP contribution in [0.25, 0.3) is 0 Å². The molecule has 1 fully saturated rings. The molecule has 1 saturated carbocycles. The fourth-order valence-electron chi connectivity index (χ4n) is 2.50. The molecule has 0 bridgehead atoms. The molecule has 1 aliphatic carbocycles. The van der Waals surface area contributed by atoms with Gasteiger partial charge in [-0.25, -0.2) is 0 Å². The van der Waals surface area contributed by atoms with Crippen LogP contribution >= 0.6 is 0 Å². The van der Waals surface area contributed by atoms with Crippen molar-refractivity contribution in [3.05, 3.63) is 0 Å². The number of hydrogen-bond acceptors (Lipinski definition) is 2. The van der Waals surface area contributed by atoms with Crippen molar-refractivity contribution >= 4 is 0 Å². The van der Waals surface area contributed by atoms with Crippen LogP contribution in [0.3, 0.4) is 0 Å². The van der Waals surface area contributed by atoms with Crippen LogP contribution in [0.15, 0.2) is 0 Å². The van der Waals surface area contributed by atoms with E-state index in [1.165, 1.54) is 38.5 Å². The lowest BCUT2D eigenvalue weighted by molar-refractivity contribution is 0.193. The molecule has 14 heavy (non-hydrogen) atoms. The molecule has 0 spiro atoms. The van der Waals surface area contributed by atoms with Crippen LogP contribution < -0.4 is 0 Å². The molecule has 2 heteroatoms. The van der Waals surface area contributed by atoms with Crippen molar-refractivity contribution in [2.24, 2.45) is 0 Å². The molecule has 2 nitrogen and oxygen atoms in total. The Morgan fingerprint density at radius 3 is 1.14 bits per heavy atom. The monoisotopic (exact) mass is 198 g/mol. The summed E-state index contributed by atoms with van der Waals surface area (Å²) in [6.45, 7) is 0. The maximum Gasteiger partial charge on any atom is 0.00891 e. The molecule has 1 rings (SSSR count). The molecule has 1 aliphatic rings. The lowest BCUT2D eigenvalue weighted by Crippen LogP contribution is -2.33. The van der Waals surface area contributed by atoms with E-state index < -0.39 is 0 Å². The summed E-state index contributed by atoms with van der Waals surface area (Å²) in [4.78, 5) is 4.80. The van der Waals surface area contributed by atoms with Crippen LogP contribution in [0.4, 0.5) is 0 Å². The van der Waals surface area contributed by atoms with Crippen LogP contribution in [-0.4, -0.2) is 50.1 Å². The summed E-state index contributed by atoms with van der Waals surface area (Å²) < 4.78 is 0. The number of hydrogen-bond donors (Lipinski definition) is 0. The fraction of sp³-hybridized carbons (Fsp3) is 1.00. The van der Waals surface area contributed by atoms with Crippen molar-refractivity contribution in [3.8, 4) is 0 Å². The third-order valence-electron chi connectivity index (χ3n) is 3.61. The van der Waals surface area contributed by atoms with Crippen LogP contribution in [-0.2, 0) is 0 Å². The van der Waals surface area contributed by atoms with E-state index in [1.807, 2.05) is 0 Å². The van der Waals surface area contributed by atoms with Crippen LogP contribution in [0.2, 0.25) is 0 Å². The highest BCUT2D eigenvalue weighted by molar-refractivity contribution is 4.75. The third-order valence-corrected chi connectivity index (χ3v) is 3.61. The summed E-state index contributed by atoms with van der Waals surface area (Å²) in [7, 11) is 8.87. The molecule has 0 atom stereocenters. The largest absolute Gasteiger partial charge is 0.306 e. The van der Waals surface area contributed by atoms with E-state index in [0.717, 1.165) is 12.1 Å². The topological polar surface area (TPSA) is 6.48 Å².